The molecule has 0 spiro atoms. The van der Waals surface area contributed by atoms with Crippen LogP contribution in [0.3, 0.4) is 0 Å². The van der Waals surface area contributed by atoms with Gasteiger partial charge in [-0.3, -0.25) is 19.8 Å². The fraction of sp³-hybridized carbons (Fsp3) is 0.130. The molecule has 8 nitrogen and oxygen atoms in total. The van der Waals surface area contributed by atoms with E-state index in [9.17, 15) is 14.9 Å². The van der Waals surface area contributed by atoms with Crippen molar-refractivity contribution < 1.29 is 19.2 Å². The lowest BCUT2D eigenvalue weighted by atomic mass is 10.1. The Kier molecular flexibility index (Phi) is 6.61. The summed E-state index contributed by atoms with van der Waals surface area (Å²) in [6.07, 6.45) is 0. The first kappa shape index (κ1) is 21.5. The van der Waals surface area contributed by atoms with Crippen LogP contribution in [-0.2, 0) is 0 Å². The van der Waals surface area contributed by atoms with Gasteiger partial charge in [0.1, 0.15) is 17.3 Å². The Bertz CT molecular complexity index is 1090. The highest BCUT2D eigenvalue weighted by Gasteiger charge is 2.21. The quantitative estimate of drug-likeness (QED) is 0.242. The van der Waals surface area contributed by atoms with E-state index in [0.717, 1.165) is 0 Å². The SMILES string of the molecule is COc1ccc(N=C(C)N(C(=O)c2ccc([N+](=O)[O-])cc2)c2ccc(OC)cc2)cc1. The van der Waals surface area contributed by atoms with Gasteiger partial charge in [-0.25, -0.2) is 4.99 Å². The highest BCUT2D eigenvalue weighted by molar-refractivity contribution is 6.22. The van der Waals surface area contributed by atoms with Gasteiger partial charge >= 0.3 is 0 Å². The first-order valence-electron chi connectivity index (χ1n) is 9.35. The number of rotatable bonds is 6. The van der Waals surface area contributed by atoms with Crippen LogP contribution in [0.1, 0.15) is 17.3 Å². The summed E-state index contributed by atoms with van der Waals surface area (Å²) in [6, 6.07) is 19.6. The summed E-state index contributed by atoms with van der Waals surface area (Å²) in [5.41, 5.74) is 1.44. The number of benzene rings is 3. The highest BCUT2D eigenvalue weighted by Crippen LogP contribution is 2.25. The Morgan fingerprint density at radius 3 is 1.87 bits per heavy atom. The fourth-order valence-corrected chi connectivity index (χ4v) is 2.93. The van der Waals surface area contributed by atoms with Crippen LogP contribution in [0.15, 0.2) is 77.8 Å². The summed E-state index contributed by atoms with van der Waals surface area (Å²) in [4.78, 5) is 29.8. The summed E-state index contributed by atoms with van der Waals surface area (Å²) in [5.74, 6) is 1.41. The molecule has 3 aromatic rings. The van der Waals surface area contributed by atoms with E-state index in [1.54, 1.807) is 69.7 Å². The molecule has 0 radical (unpaired) electrons. The number of ether oxygens (including phenoxy) is 2. The molecule has 3 aromatic carbocycles. The minimum absolute atomic E-state index is 0.0869. The Hall–Kier alpha value is -4.20. The Labute approximate surface area is 179 Å². The number of nitrogens with zero attached hydrogens (tertiary/aromatic N) is 3. The molecule has 0 saturated heterocycles. The van der Waals surface area contributed by atoms with Crippen molar-refractivity contribution in [3.05, 3.63) is 88.5 Å². The van der Waals surface area contributed by atoms with Crippen LogP contribution in [0.5, 0.6) is 11.5 Å². The van der Waals surface area contributed by atoms with Gasteiger partial charge in [0, 0.05) is 17.7 Å². The number of hydrogen-bond donors (Lipinski definition) is 0. The van der Waals surface area contributed by atoms with E-state index in [0.29, 0.717) is 34.3 Å². The summed E-state index contributed by atoms with van der Waals surface area (Å²) in [7, 11) is 3.14. The number of nitro benzene ring substituents is 1. The topological polar surface area (TPSA) is 94.3 Å². The molecule has 1 amide bonds. The van der Waals surface area contributed by atoms with Gasteiger partial charge in [-0.2, -0.15) is 0 Å². The number of amidine groups is 1. The third-order valence-electron chi connectivity index (χ3n) is 4.55. The molecular weight excluding hydrogens is 398 g/mol. The summed E-state index contributed by atoms with van der Waals surface area (Å²) < 4.78 is 10.4. The van der Waals surface area contributed by atoms with Gasteiger partial charge in [-0.1, -0.05) is 0 Å². The van der Waals surface area contributed by atoms with E-state index in [1.165, 1.54) is 29.2 Å². The van der Waals surface area contributed by atoms with Crippen molar-refractivity contribution in [1.82, 2.24) is 0 Å². The number of aliphatic imine (C=N–C) groups is 1. The van der Waals surface area contributed by atoms with Crippen LogP contribution in [-0.4, -0.2) is 30.9 Å². The molecule has 31 heavy (non-hydrogen) atoms. The highest BCUT2D eigenvalue weighted by atomic mass is 16.6. The summed E-state index contributed by atoms with van der Waals surface area (Å²) >= 11 is 0. The number of carbonyl (C=O) groups is 1. The number of anilines is 1. The lowest BCUT2D eigenvalue weighted by Crippen LogP contribution is -2.35. The number of carbonyl (C=O) groups excluding carboxylic acids is 1. The fourth-order valence-electron chi connectivity index (χ4n) is 2.93. The van der Waals surface area contributed by atoms with Crippen molar-refractivity contribution in [2.24, 2.45) is 4.99 Å². The molecule has 8 heteroatoms. The molecule has 0 aliphatic carbocycles. The Balaban J connectivity index is 2.01. The van der Waals surface area contributed by atoms with E-state index in [4.69, 9.17) is 9.47 Å². The predicted octanol–water partition coefficient (Wildman–Crippen LogP) is 5.01. The molecule has 0 heterocycles. The maximum atomic E-state index is 13.3. The molecule has 158 valence electrons. The maximum absolute atomic E-state index is 13.3. The number of nitro groups is 1. The van der Waals surface area contributed by atoms with Crippen LogP contribution >= 0.6 is 0 Å². The second-order valence-corrected chi connectivity index (χ2v) is 6.50. The van der Waals surface area contributed by atoms with Crippen LogP contribution in [0.2, 0.25) is 0 Å². The van der Waals surface area contributed by atoms with Crippen LogP contribution < -0.4 is 14.4 Å². The minimum Gasteiger partial charge on any atom is -0.497 e. The van der Waals surface area contributed by atoms with E-state index in [-0.39, 0.29) is 11.6 Å². The third-order valence-corrected chi connectivity index (χ3v) is 4.55. The van der Waals surface area contributed by atoms with Crippen LogP contribution in [0.25, 0.3) is 0 Å². The molecule has 0 bridgehead atoms. The van der Waals surface area contributed by atoms with Crippen molar-refractivity contribution in [1.29, 1.82) is 0 Å². The molecule has 0 N–H and O–H groups in total. The molecule has 0 aliphatic rings. The zero-order valence-corrected chi connectivity index (χ0v) is 17.3. The molecule has 0 unspecified atom stereocenters. The lowest BCUT2D eigenvalue weighted by Gasteiger charge is -2.23. The van der Waals surface area contributed by atoms with Crippen LogP contribution in [0, 0.1) is 10.1 Å². The molecular formula is C23H21N3O5. The average molecular weight is 419 g/mol. The average Bonchev–Trinajstić information content (AvgIpc) is 2.80. The molecule has 0 saturated carbocycles. The molecule has 3 rings (SSSR count). The van der Waals surface area contributed by atoms with E-state index >= 15 is 0 Å². The van der Waals surface area contributed by atoms with Gasteiger partial charge in [-0.05, 0) is 67.6 Å². The molecule has 0 aliphatic heterocycles. The second-order valence-electron chi connectivity index (χ2n) is 6.50. The van der Waals surface area contributed by atoms with Crippen molar-refractivity contribution in [2.75, 3.05) is 19.1 Å². The van der Waals surface area contributed by atoms with Gasteiger partial charge in [-0.15, -0.1) is 0 Å². The standard InChI is InChI=1S/C23H21N3O5/c1-16(24-18-6-12-21(30-2)13-7-18)25(19-10-14-22(31-3)15-11-19)23(27)17-4-8-20(9-5-17)26(28)29/h4-15H,1-3H3. The Morgan fingerprint density at radius 1 is 0.871 bits per heavy atom. The van der Waals surface area contributed by atoms with Gasteiger partial charge < -0.3 is 9.47 Å². The normalized spacial score (nSPS) is 11.0. The maximum Gasteiger partial charge on any atom is 0.269 e. The monoisotopic (exact) mass is 419 g/mol. The molecule has 0 atom stereocenters. The predicted molar refractivity (Wildman–Crippen MR) is 119 cm³/mol. The summed E-state index contributed by atoms with van der Waals surface area (Å²) in [5, 5.41) is 10.9. The summed E-state index contributed by atoms with van der Waals surface area (Å²) in [6.45, 7) is 1.72. The van der Waals surface area contributed by atoms with Gasteiger partial charge in [0.2, 0.25) is 0 Å². The number of non-ortho nitro benzene ring substituents is 1. The Morgan fingerprint density at radius 2 is 1.39 bits per heavy atom. The van der Waals surface area contributed by atoms with E-state index in [2.05, 4.69) is 4.99 Å². The van der Waals surface area contributed by atoms with E-state index in [1.807, 2.05) is 0 Å². The first-order chi connectivity index (χ1) is 14.9. The number of methoxy groups -OCH3 is 2. The van der Waals surface area contributed by atoms with Gasteiger partial charge in [0.15, 0.2) is 0 Å². The van der Waals surface area contributed by atoms with Gasteiger partial charge in [0.25, 0.3) is 11.6 Å². The lowest BCUT2D eigenvalue weighted by molar-refractivity contribution is -0.384. The van der Waals surface area contributed by atoms with Crippen molar-refractivity contribution >= 4 is 28.8 Å². The third kappa shape index (κ3) is 5.05. The van der Waals surface area contributed by atoms with Gasteiger partial charge in [0.05, 0.1) is 30.5 Å². The van der Waals surface area contributed by atoms with Crippen molar-refractivity contribution in [2.45, 2.75) is 6.92 Å². The molecule has 0 aromatic heterocycles. The number of amides is 1. The zero-order valence-electron chi connectivity index (χ0n) is 17.3. The smallest absolute Gasteiger partial charge is 0.269 e. The zero-order chi connectivity index (χ0) is 22.4. The van der Waals surface area contributed by atoms with Crippen LogP contribution in [0.4, 0.5) is 17.1 Å². The minimum atomic E-state index is -0.508. The van der Waals surface area contributed by atoms with Crippen molar-refractivity contribution in [3.8, 4) is 11.5 Å². The number of hydrogen-bond acceptors (Lipinski definition) is 6. The van der Waals surface area contributed by atoms with Crippen molar-refractivity contribution in [3.63, 3.8) is 0 Å². The first-order valence-corrected chi connectivity index (χ1v) is 9.35. The second kappa shape index (κ2) is 9.53. The molecule has 0 fully saturated rings. The van der Waals surface area contributed by atoms with E-state index < -0.39 is 4.92 Å². The largest absolute Gasteiger partial charge is 0.497 e.